The molecule has 0 spiro atoms. The summed E-state index contributed by atoms with van der Waals surface area (Å²) in [6, 6.07) is 13.6. The van der Waals surface area contributed by atoms with Gasteiger partial charge in [0.25, 0.3) is 0 Å². The van der Waals surface area contributed by atoms with Gasteiger partial charge in [-0.05, 0) is 36.3 Å². The van der Waals surface area contributed by atoms with Crippen LogP contribution in [0.1, 0.15) is 29.7 Å². The van der Waals surface area contributed by atoms with Gasteiger partial charge in [-0.15, -0.1) is 0 Å². The standard InChI is InChI=1S/C20H21NO4S/c1-14-8-11-17(12-9-14)26(23,24)21(3)20-18-7-5-4-6-16(18)10-13-19(20)25-15(2)22/h4-13,19-20H,1-3H3/t19-,20-/m1/s1. The van der Waals surface area contributed by atoms with Crippen LogP contribution in [0.4, 0.5) is 0 Å². The van der Waals surface area contributed by atoms with E-state index in [0.717, 1.165) is 16.7 Å². The molecule has 5 nitrogen and oxygen atoms in total. The molecule has 0 N–H and O–H groups in total. The van der Waals surface area contributed by atoms with Gasteiger partial charge < -0.3 is 4.74 Å². The van der Waals surface area contributed by atoms with Crippen LogP contribution in [0.2, 0.25) is 0 Å². The van der Waals surface area contributed by atoms with Crippen molar-refractivity contribution in [1.82, 2.24) is 4.31 Å². The summed E-state index contributed by atoms with van der Waals surface area (Å²) in [6.07, 6.45) is 2.90. The fourth-order valence-corrected chi connectivity index (χ4v) is 4.48. The lowest BCUT2D eigenvalue weighted by atomic mass is 9.91. The van der Waals surface area contributed by atoms with Crippen molar-refractivity contribution in [1.29, 1.82) is 0 Å². The molecule has 6 heteroatoms. The highest BCUT2D eigenvalue weighted by Gasteiger charge is 2.37. The van der Waals surface area contributed by atoms with E-state index in [0.29, 0.717) is 0 Å². The number of fused-ring (bicyclic) bond motifs is 1. The summed E-state index contributed by atoms with van der Waals surface area (Å²) in [5, 5.41) is 0. The fraction of sp³-hybridized carbons (Fsp3) is 0.250. The minimum Gasteiger partial charge on any atom is -0.456 e. The minimum absolute atomic E-state index is 0.208. The summed E-state index contributed by atoms with van der Waals surface area (Å²) in [5.41, 5.74) is 2.70. The van der Waals surface area contributed by atoms with E-state index in [1.54, 1.807) is 30.3 Å². The SMILES string of the molecule is CC(=O)O[C@@H]1C=Cc2ccccc2[C@H]1N(C)S(=O)(=O)c1ccc(C)cc1. The van der Waals surface area contributed by atoms with Crippen molar-refractivity contribution >= 4 is 22.1 Å². The van der Waals surface area contributed by atoms with Crippen LogP contribution in [0.5, 0.6) is 0 Å². The van der Waals surface area contributed by atoms with Gasteiger partial charge in [-0.1, -0.05) is 48.0 Å². The van der Waals surface area contributed by atoms with Crippen LogP contribution in [0.25, 0.3) is 6.08 Å². The van der Waals surface area contributed by atoms with E-state index >= 15 is 0 Å². The molecule has 2 aromatic rings. The van der Waals surface area contributed by atoms with Crippen LogP contribution >= 0.6 is 0 Å². The smallest absolute Gasteiger partial charge is 0.303 e. The zero-order valence-corrected chi connectivity index (χ0v) is 15.7. The molecule has 0 aromatic heterocycles. The Bertz CT molecular complexity index is 948. The molecule has 0 saturated carbocycles. The molecule has 0 unspecified atom stereocenters. The number of esters is 1. The molecule has 26 heavy (non-hydrogen) atoms. The van der Waals surface area contributed by atoms with Crippen molar-refractivity contribution < 1.29 is 17.9 Å². The highest BCUT2D eigenvalue weighted by atomic mass is 32.2. The maximum Gasteiger partial charge on any atom is 0.303 e. The van der Waals surface area contributed by atoms with Crippen molar-refractivity contribution in [2.24, 2.45) is 0 Å². The Hall–Kier alpha value is -2.44. The van der Waals surface area contributed by atoms with Crippen molar-refractivity contribution in [3.8, 4) is 0 Å². The predicted octanol–water partition coefficient (Wildman–Crippen LogP) is 3.32. The monoisotopic (exact) mass is 371 g/mol. The van der Waals surface area contributed by atoms with Crippen molar-refractivity contribution in [3.05, 3.63) is 71.3 Å². The van der Waals surface area contributed by atoms with Crippen LogP contribution in [0, 0.1) is 6.92 Å². The number of aryl methyl sites for hydroxylation is 1. The molecule has 0 fully saturated rings. The summed E-state index contributed by atoms with van der Waals surface area (Å²) < 4.78 is 33.0. The fourth-order valence-electron chi connectivity index (χ4n) is 3.14. The molecule has 0 heterocycles. The first-order valence-electron chi connectivity index (χ1n) is 8.30. The van der Waals surface area contributed by atoms with Crippen LogP contribution in [0.3, 0.4) is 0 Å². The van der Waals surface area contributed by atoms with E-state index in [-0.39, 0.29) is 4.90 Å². The second-order valence-corrected chi connectivity index (χ2v) is 8.34. The normalized spacial score (nSPS) is 19.2. The summed E-state index contributed by atoms with van der Waals surface area (Å²) in [4.78, 5) is 11.7. The molecular weight excluding hydrogens is 350 g/mol. The number of sulfonamides is 1. The van der Waals surface area contributed by atoms with E-state index in [4.69, 9.17) is 4.74 Å². The Morgan fingerprint density at radius 1 is 1.08 bits per heavy atom. The molecule has 3 rings (SSSR count). The highest BCUT2D eigenvalue weighted by molar-refractivity contribution is 7.89. The summed E-state index contributed by atoms with van der Waals surface area (Å²) in [5.74, 6) is -0.454. The molecule has 1 aliphatic rings. The zero-order valence-electron chi connectivity index (χ0n) is 14.9. The van der Waals surface area contributed by atoms with Crippen molar-refractivity contribution in [2.45, 2.75) is 30.9 Å². The molecule has 136 valence electrons. The van der Waals surface area contributed by atoms with Gasteiger partial charge in [0.05, 0.1) is 10.9 Å². The van der Waals surface area contributed by atoms with Gasteiger partial charge >= 0.3 is 5.97 Å². The third kappa shape index (κ3) is 3.43. The first kappa shape index (κ1) is 18.4. The Labute approximate surface area is 154 Å². The lowest BCUT2D eigenvalue weighted by Gasteiger charge is -2.35. The van der Waals surface area contributed by atoms with Gasteiger partial charge in [0.2, 0.25) is 10.0 Å². The minimum atomic E-state index is -3.76. The van der Waals surface area contributed by atoms with E-state index in [2.05, 4.69) is 0 Å². The highest BCUT2D eigenvalue weighted by Crippen LogP contribution is 2.36. The lowest BCUT2D eigenvalue weighted by Crippen LogP contribution is -2.40. The number of benzene rings is 2. The summed E-state index contributed by atoms with van der Waals surface area (Å²) >= 11 is 0. The number of hydrogen-bond donors (Lipinski definition) is 0. The maximum atomic E-state index is 13.1. The number of hydrogen-bond acceptors (Lipinski definition) is 4. The Morgan fingerprint density at radius 2 is 1.73 bits per heavy atom. The van der Waals surface area contributed by atoms with Crippen LogP contribution in [0.15, 0.2) is 59.5 Å². The largest absolute Gasteiger partial charge is 0.456 e. The predicted molar refractivity (Wildman–Crippen MR) is 99.9 cm³/mol. The Balaban J connectivity index is 2.06. The number of carbonyl (C=O) groups is 1. The van der Waals surface area contributed by atoms with Gasteiger partial charge in [-0.3, -0.25) is 4.79 Å². The molecule has 0 aliphatic heterocycles. The Morgan fingerprint density at radius 3 is 2.38 bits per heavy atom. The molecule has 1 aliphatic carbocycles. The average Bonchev–Trinajstić information content (AvgIpc) is 2.61. The molecule has 2 aromatic carbocycles. The third-order valence-electron chi connectivity index (χ3n) is 4.48. The Kier molecular flexibility index (Phi) is 4.98. The van der Waals surface area contributed by atoms with Gasteiger partial charge in [-0.25, -0.2) is 8.42 Å². The van der Waals surface area contributed by atoms with Gasteiger partial charge in [0.1, 0.15) is 6.10 Å². The van der Waals surface area contributed by atoms with E-state index in [1.165, 1.54) is 18.3 Å². The molecule has 0 saturated heterocycles. The second kappa shape index (κ2) is 7.05. The number of nitrogens with zero attached hydrogens (tertiary/aromatic N) is 1. The topological polar surface area (TPSA) is 63.7 Å². The molecule has 2 atom stereocenters. The average molecular weight is 371 g/mol. The van der Waals surface area contributed by atoms with E-state index in [9.17, 15) is 13.2 Å². The van der Waals surface area contributed by atoms with Gasteiger partial charge in [0.15, 0.2) is 0 Å². The first-order valence-corrected chi connectivity index (χ1v) is 9.74. The summed E-state index contributed by atoms with van der Waals surface area (Å²) in [6.45, 7) is 3.22. The van der Waals surface area contributed by atoms with Gasteiger partial charge in [0, 0.05) is 14.0 Å². The summed E-state index contributed by atoms with van der Waals surface area (Å²) in [7, 11) is -2.24. The van der Waals surface area contributed by atoms with Crippen LogP contribution in [-0.2, 0) is 19.6 Å². The second-order valence-electron chi connectivity index (χ2n) is 6.34. The lowest BCUT2D eigenvalue weighted by molar-refractivity contribution is -0.146. The molecule has 0 radical (unpaired) electrons. The molecule has 0 bridgehead atoms. The third-order valence-corrected chi connectivity index (χ3v) is 6.34. The zero-order chi connectivity index (χ0) is 18.9. The van der Waals surface area contributed by atoms with Crippen molar-refractivity contribution in [3.63, 3.8) is 0 Å². The number of carbonyl (C=O) groups excluding carboxylic acids is 1. The van der Waals surface area contributed by atoms with Crippen molar-refractivity contribution in [2.75, 3.05) is 7.05 Å². The van der Waals surface area contributed by atoms with Crippen LogP contribution in [-0.4, -0.2) is 31.8 Å². The maximum absolute atomic E-state index is 13.1. The molecule has 0 amide bonds. The van der Waals surface area contributed by atoms with E-state index < -0.39 is 28.1 Å². The van der Waals surface area contributed by atoms with Gasteiger partial charge in [-0.2, -0.15) is 4.31 Å². The molecular formula is C20H21NO4S. The van der Waals surface area contributed by atoms with E-state index in [1.807, 2.05) is 37.3 Å². The number of ether oxygens (including phenoxy) is 1. The quantitative estimate of drug-likeness (QED) is 0.774. The number of rotatable bonds is 4. The first-order chi connectivity index (χ1) is 12.3. The number of likely N-dealkylation sites (N-methyl/N-ethyl adjacent to an activating group) is 1. The van der Waals surface area contributed by atoms with Crippen LogP contribution < -0.4 is 0 Å².